The maximum Gasteiger partial charge on any atom is 0.250 e. The zero-order valence-corrected chi connectivity index (χ0v) is 8.12. The molecule has 1 heterocycles. The second-order valence-corrected chi connectivity index (χ2v) is 2.87. The van der Waals surface area contributed by atoms with E-state index < -0.39 is 6.17 Å². The van der Waals surface area contributed by atoms with Gasteiger partial charge in [0.1, 0.15) is 6.17 Å². The van der Waals surface area contributed by atoms with Crippen LogP contribution in [0, 0.1) is 0 Å². The van der Waals surface area contributed by atoms with Crippen molar-refractivity contribution in [2.45, 2.75) is 6.17 Å². The Morgan fingerprint density at radius 2 is 2.57 bits per heavy atom. The minimum Gasteiger partial charge on any atom is -0.383 e. The van der Waals surface area contributed by atoms with Gasteiger partial charge >= 0.3 is 0 Å². The van der Waals surface area contributed by atoms with Crippen LogP contribution < -0.4 is 16.4 Å². The fourth-order valence-electron chi connectivity index (χ4n) is 1.09. The van der Waals surface area contributed by atoms with Gasteiger partial charge in [0.2, 0.25) is 0 Å². The van der Waals surface area contributed by atoms with Crippen LogP contribution >= 0.6 is 0 Å². The van der Waals surface area contributed by atoms with Crippen LogP contribution in [0.5, 0.6) is 0 Å². The molecule has 1 aliphatic heterocycles. The molecule has 0 spiro atoms. The van der Waals surface area contributed by atoms with Gasteiger partial charge in [0, 0.05) is 13.7 Å². The van der Waals surface area contributed by atoms with E-state index in [9.17, 15) is 4.79 Å². The second kappa shape index (κ2) is 5.41. The number of hydrogen-bond donors (Lipinski definition) is 3. The summed E-state index contributed by atoms with van der Waals surface area (Å²) in [6.07, 6.45) is 4.72. The first-order chi connectivity index (χ1) is 6.75. The van der Waals surface area contributed by atoms with Gasteiger partial charge in [-0.25, -0.2) is 0 Å². The summed E-state index contributed by atoms with van der Waals surface area (Å²) in [5, 5.41) is 5.54. The van der Waals surface area contributed by atoms with Crippen molar-refractivity contribution in [3.63, 3.8) is 0 Å². The SMILES string of the molecule is COCCNC(=O)C1=CC=CNC1N. The number of hydrogen-bond acceptors (Lipinski definition) is 4. The molecule has 4 N–H and O–H groups in total. The third-order valence-corrected chi connectivity index (χ3v) is 1.84. The van der Waals surface area contributed by atoms with E-state index in [0.29, 0.717) is 18.7 Å². The predicted molar refractivity (Wildman–Crippen MR) is 53.2 cm³/mol. The monoisotopic (exact) mass is 197 g/mol. The van der Waals surface area contributed by atoms with E-state index in [1.54, 1.807) is 25.5 Å². The molecule has 0 aliphatic carbocycles. The van der Waals surface area contributed by atoms with Crippen LogP contribution in [0.4, 0.5) is 0 Å². The van der Waals surface area contributed by atoms with Crippen molar-refractivity contribution in [3.05, 3.63) is 23.9 Å². The Balaban J connectivity index is 2.43. The number of carbonyl (C=O) groups is 1. The lowest BCUT2D eigenvalue weighted by molar-refractivity contribution is -0.118. The topological polar surface area (TPSA) is 76.4 Å². The number of nitrogens with one attached hydrogen (secondary N) is 2. The molecule has 0 aromatic rings. The summed E-state index contributed by atoms with van der Waals surface area (Å²) < 4.78 is 4.81. The zero-order chi connectivity index (χ0) is 10.4. The number of dihydropyridines is 1. The van der Waals surface area contributed by atoms with Crippen LogP contribution in [0.25, 0.3) is 0 Å². The molecule has 0 saturated carbocycles. The van der Waals surface area contributed by atoms with Crippen molar-refractivity contribution >= 4 is 5.91 Å². The van der Waals surface area contributed by atoms with Crippen LogP contribution in [0.2, 0.25) is 0 Å². The summed E-state index contributed by atoms with van der Waals surface area (Å²) in [6.45, 7) is 0.987. The summed E-state index contributed by atoms with van der Waals surface area (Å²) in [5.41, 5.74) is 6.19. The smallest absolute Gasteiger partial charge is 0.250 e. The van der Waals surface area contributed by atoms with Gasteiger partial charge < -0.3 is 21.1 Å². The van der Waals surface area contributed by atoms with Crippen LogP contribution in [0.3, 0.4) is 0 Å². The summed E-state index contributed by atoms with van der Waals surface area (Å²) in [6, 6.07) is 0. The molecule has 1 atom stereocenters. The number of rotatable bonds is 4. The number of methoxy groups -OCH3 is 1. The Morgan fingerprint density at radius 1 is 1.79 bits per heavy atom. The van der Waals surface area contributed by atoms with Crippen molar-refractivity contribution in [2.24, 2.45) is 5.73 Å². The fourth-order valence-corrected chi connectivity index (χ4v) is 1.09. The van der Waals surface area contributed by atoms with Gasteiger partial charge in [-0.2, -0.15) is 0 Å². The summed E-state index contributed by atoms with van der Waals surface area (Å²) in [4.78, 5) is 11.5. The van der Waals surface area contributed by atoms with Gasteiger partial charge in [0.25, 0.3) is 5.91 Å². The Kier molecular flexibility index (Phi) is 4.15. The molecule has 1 amide bonds. The molecular formula is C9H15N3O2. The van der Waals surface area contributed by atoms with Crippen molar-refractivity contribution in [1.82, 2.24) is 10.6 Å². The molecule has 0 aromatic heterocycles. The molecule has 5 heteroatoms. The average Bonchev–Trinajstić information content (AvgIpc) is 2.18. The second-order valence-electron chi connectivity index (χ2n) is 2.87. The summed E-state index contributed by atoms with van der Waals surface area (Å²) >= 11 is 0. The molecule has 0 radical (unpaired) electrons. The minimum atomic E-state index is -0.428. The third-order valence-electron chi connectivity index (χ3n) is 1.84. The molecule has 0 aromatic carbocycles. The van der Waals surface area contributed by atoms with Crippen molar-refractivity contribution in [3.8, 4) is 0 Å². The number of nitrogens with two attached hydrogens (primary N) is 1. The summed E-state index contributed by atoms with van der Waals surface area (Å²) in [5.74, 6) is -0.161. The van der Waals surface area contributed by atoms with Crippen molar-refractivity contribution in [2.75, 3.05) is 20.3 Å². The fraction of sp³-hybridized carbons (Fsp3) is 0.444. The molecule has 1 rings (SSSR count). The van der Waals surface area contributed by atoms with Crippen LogP contribution in [-0.2, 0) is 9.53 Å². The normalized spacial score (nSPS) is 19.9. The van der Waals surface area contributed by atoms with E-state index in [4.69, 9.17) is 10.5 Å². The first-order valence-corrected chi connectivity index (χ1v) is 4.41. The van der Waals surface area contributed by atoms with E-state index in [0.717, 1.165) is 0 Å². The van der Waals surface area contributed by atoms with Crippen LogP contribution in [0.15, 0.2) is 23.9 Å². The van der Waals surface area contributed by atoms with Crippen molar-refractivity contribution < 1.29 is 9.53 Å². The first-order valence-electron chi connectivity index (χ1n) is 4.41. The Hall–Kier alpha value is -1.33. The highest BCUT2D eigenvalue weighted by Crippen LogP contribution is 2.02. The molecular weight excluding hydrogens is 182 g/mol. The maximum atomic E-state index is 11.5. The lowest BCUT2D eigenvalue weighted by atomic mass is 10.1. The highest BCUT2D eigenvalue weighted by molar-refractivity contribution is 5.95. The maximum absolute atomic E-state index is 11.5. The van der Waals surface area contributed by atoms with Crippen LogP contribution in [-0.4, -0.2) is 32.3 Å². The van der Waals surface area contributed by atoms with E-state index >= 15 is 0 Å². The quantitative estimate of drug-likeness (QED) is 0.509. The molecule has 14 heavy (non-hydrogen) atoms. The molecule has 1 aliphatic rings. The standard InChI is InChI=1S/C9H15N3O2/c1-14-6-5-12-9(13)7-3-2-4-11-8(7)10/h2-4,8,11H,5-6,10H2,1H3,(H,12,13). The third kappa shape index (κ3) is 2.86. The largest absolute Gasteiger partial charge is 0.383 e. The molecule has 0 bridgehead atoms. The number of carbonyl (C=O) groups excluding carboxylic acids is 1. The molecule has 78 valence electrons. The zero-order valence-electron chi connectivity index (χ0n) is 8.12. The average molecular weight is 197 g/mol. The highest BCUT2D eigenvalue weighted by Gasteiger charge is 2.16. The number of allylic oxidation sites excluding steroid dienone is 2. The van der Waals surface area contributed by atoms with E-state index in [2.05, 4.69) is 10.6 Å². The highest BCUT2D eigenvalue weighted by atomic mass is 16.5. The van der Waals surface area contributed by atoms with E-state index in [1.807, 2.05) is 0 Å². The summed E-state index contributed by atoms with van der Waals surface area (Å²) in [7, 11) is 1.59. The number of amides is 1. The van der Waals surface area contributed by atoms with Crippen molar-refractivity contribution in [1.29, 1.82) is 0 Å². The van der Waals surface area contributed by atoms with Gasteiger partial charge in [-0.05, 0) is 18.4 Å². The molecule has 0 fully saturated rings. The van der Waals surface area contributed by atoms with Gasteiger partial charge in [0.15, 0.2) is 0 Å². The van der Waals surface area contributed by atoms with Gasteiger partial charge in [-0.3, -0.25) is 4.79 Å². The lowest BCUT2D eigenvalue weighted by Gasteiger charge is -2.18. The molecule has 1 unspecified atom stereocenters. The molecule has 0 saturated heterocycles. The van der Waals surface area contributed by atoms with E-state index in [-0.39, 0.29) is 5.91 Å². The van der Waals surface area contributed by atoms with Crippen LogP contribution in [0.1, 0.15) is 0 Å². The Labute approximate surface area is 83.0 Å². The Morgan fingerprint density at radius 3 is 3.21 bits per heavy atom. The predicted octanol–water partition coefficient (Wildman–Crippen LogP) is -0.923. The number of ether oxygens (including phenoxy) is 1. The Bertz CT molecular complexity index is 261. The minimum absolute atomic E-state index is 0.161. The molecule has 5 nitrogen and oxygen atoms in total. The first kappa shape index (κ1) is 10.7. The van der Waals surface area contributed by atoms with E-state index in [1.165, 1.54) is 0 Å². The lowest BCUT2D eigenvalue weighted by Crippen LogP contribution is -2.43. The van der Waals surface area contributed by atoms with Gasteiger partial charge in [-0.1, -0.05) is 0 Å². The van der Waals surface area contributed by atoms with Gasteiger partial charge in [0.05, 0.1) is 12.2 Å². The van der Waals surface area contributed by atoms with Gasteiger partial charge in [-0.15, -0.1) is 0 Å².